The van der Waals surface area contributed by atoms with E-state index in [-0.39, 0.29) is 30.2 Å². The lowest BCUT2D eigenvalue weighted by molar-refractivity contribution is -0.386. The van der Waals surface area contributed by atoms with Crippen LogP contribution in [0.4, 0.5) is 5.69 Å². The molecule has 0 unspecified atom stereocenters. The molecule has 0 heterocycles. The monoisotopic (exact) mass is 265 g/mol. The molecule has 1 rings (SSSR count). The van der Waals surface area contributed by atoms with Crippen LogP contribution in [-0.4, -0.2) is 24.1 Å². The van der Waals surface area contributed by atoms with Crippen LogP contribution in [0.2, 0.25) is 0 Å². The van der Waals surface area contributed by atoms with Crippen molar-refractivity contribution in [1.29, 1.82) is 0 Å². The van der Waals surface area contributed by atoms with E-state index in [2.05, 4.69) is 6.58 Å². The number of esters is 1. The summed E-state index contributed by atoms with van der Waals surface area (Å²) in [6.07, 6.45) is 0. The zero-order chi connectivity index (χ0) is 14.4. The molecule has 0 saturated heterocycles. The van der Waals surface area contributed by atoms with E-state index in [1.54, 1.807) is 26.0 Å². The molecule has 102 valence electrons. The summed E-state index contributed by atoms with van der Waals surface area (Å²) in [7, 11) is 0. The summed E-state index contributed by atoms with van der Waals surface area (Å²) in [6.45, 7) is 6.90. The minimum atomic E-state index is -0.571. The molecule has 0 aliphatic heterocycles. The maximum absolute atomic E-state index is 11.3. The fourth-order valence-electron chi connectivity index (χ4n) is 1.44. The van der Waals surface area contributed by atoms with Gasteiger partial charge in [0.1, 0.15) is 6.61 Å². The molecule has 0 bridgehead atoms. The molecule has 0 fully saturated rings. The van der Waals surface area contributed by atoms with Crippen molar-refractivity contribution in [3.63, 3.8) is 0 Å². The summed E-state index contributed by atoms with van der Waals surface area (Å²) >= 11 is 0. The zero-order valence-electron chi connectivity index (χ0n) is 10.8. The fraction of sp³-hybridized carbons (Fsp3) is 0.308. The van der Waals surface area contributed by atoms with E-state index in [0.717, 1.165) is 0 Å². The first-order chi connectivity index (χ1) is 8.97. The van der Waals surface area contributed by atoms with Crippen LogP contribution in [-0.2, 0) is 9.53 Å². The minimum absolute atomic E-state index is 0.107. The topological polar surface area (TPSA) is 78.7 Å². The molecule has 1 aromatic carbocycles. The molecule has 19 heavy (non-hydrogen) atoms. The summed E-state index contributed by atoms with van der Waals surface area (Å²) in [5, 5.41) is 10.9. The average molecular weight is 265 g/mol. The Morgan fingerprint density at radius 2 is 2.16 bits per heavy atom. The molecule has 0 radical (unpaired) electrons. The Hall–Kier alpha value is -2.37. The van der Waals surface area contributed by atoms with Crippen LogP contribution in [0.15, 0.2) is 30.4 Å². The number of nitro groups is 1. The number of benzene rings is 1. The highest BCUT2D eigenvalue weighted by atomic mass is 16.6. The summed E-state index contributed by atoms with van der Waals surface area (Å²) in [6, 6.07) is 4.74. The summed E-state index contributed by atoms with van der Waals surface area (Å²) in [5.74, 6) is -0.465. The van der Waals surface area contributed by atoms with E-state index in [0.29, 0.717) is 5.56 Å². The van der Waals surface area contributed by atoms with Crippen LogP contribution in [0, 0.1) is 17.0 Å². The molecule has 0 saturated carbocycles. The second-order valence-electron chi connectivity index (χ2n) is 3.79. The maximum Gasteiger partial charge on any atom is 0.336 e. The third-order valence-corrected chi connectivity index (χ3v) is 2.35. The molecular weight excluding hydrogens is 250 g/mol. The van der Waals surface area contributed by atoms with Crippen LogP contribution < -0.4 is 4.74 Å². The number of rotatable bonds is 6. The van der Waals surface area contributed by atoms with Crippen molar-refractivity contribution in [1.82, 2.24) is 0 Å². The predicted octanol–water partition coefficient (Wildman–Crippen LogP) is 2.40. The molecule has 0 spiro atoms. The van der Waals surface area contributed by atoms with Crippen molar-refractivity contribution in [3.8, 4) is 5.75 Å². The molecule has 0 amide bonds. The number of carbonyl (C=O) groups excluding carboxylic acids is 1. The van der Waals surface area contributed by atoms with Crippen molar-refractivity contribution < 1.29 is 19.2 Å². The van der Waals surface area contributed by atoms with Gasteiger partial charge in [-0.1, -0.05) is 18.7 Å². The van der Waals surface area contributed by atoms with Gasteiger partial charge in [-0.05, 0) is 19.9 Å². The largest absolute Gasteiger partial charge is 0.482 e. The van der Waals surface area contributed by atoms with Gasteiger partial charge in [0, 0.05) is 5.56 Å². The normalized spacial score (nSPS) is 9.79. The minimum Gasteiger partial charge on any atom is -0.482 e. The van der Waals surface area contributed by atoms with Gasteiger partial charge in [-0.15, -0.1) is 0 Å². The SMILES string of the molecule is C=C(COc1cccc(C)c1[N+](=O)[O-])C(=O)OCC. The van der Waals surface area contributed by atoms with Crippen molar-refractivity contribution in [2.75, 3.05) is 13.2 Å². The summed E-state index contributed by atoms with van der Waals surface area (Å²) < 4.78 is 10.0. The second kappa shape index (κ2) is 6.53. The smallest absolute Gasteiger partial charge is 0.336 e. The van der Waals surface area contributed by atoms with Gasteiger partial charge in [0.2, 0.25) is 0 Å². The Bertz CT molecular complexity index is 510. The first-order valence-corrected chi connectivity index (χ1v) is 5.69. The molecule has 1 aromatic rings. The summed E-state index contributed by atoms with van der Waals surface area (Å²) in [5.41, 5.74) is 0.487. The highest BCUT2D eigenvalue weighted by Gasteiger charge is 2.19. The number of para-hydroxylation sites is 1. The number of ether oxygens (including phenoxy) is 2. The number of nitro benzene ring substituents is 1. The van der Waals surface area contributed by atoms with E-state index < -0.39 is 10.9 Å². The van der Waals surface area contributed by atoms with Gasteiger partial charge in [-0.25, -0.2) is 4.79 Å². The Morgan fingerprint density at radius 1 is 1.47 bits per heavy atom. The van der Waals surface area contributed by atoms with Crippen molar-refractivity contribution in [2.45, 2.75) is 13.8 Å². The fourth-order valence-corrected chi connectivity index (χ4v) is 1.44. The third kappa shape index (κ3) is 3.80. The van der Waals surface area contributed by atoms with Crippen molar-refractivity contribution >= 4 is 11.7 Å². The number of nitrogens with zero attached hydrogens (tertiary/aromatic N) is 1. The maximum atomic E-state index is 11.3. The lowest BCUT2D eigenvalue weighted by Crippen LogP contribution is -2.13. The Morgan fingerprint density at radius 3 is 2.74 bits per heavy atom. The number of hydrogen-bond acceptors (Lipinski definition) is 5. The van der Waals surface area contributed by atoms with Gasteiger partial charge in [-0.2, -0.15) is 0 Å². The van der Waals surface area contributed by atoms with E-state index in [4.69, 9.17) is 9.47 Å². The van der Waals surface area contributed by atoms with E-state index in [1.165, 1.54) is 6.07 Å². The van der Waals surface area contributed by atoms with Gasteiger partial charge in [0.25, 0.3) is 0 Å². The Labute approximate surface area is 110 Å². The zero-order valence-corrected chi connectivity index (χ0v) is 10.8. The lowest BCUT2D eigenvalue weighted by atomic mass is 10.2. The van der Waals surface area contributed by atoms with Crippen LogP contribution in [0.3, 0.4) is 0 Å². The molecule has 0 N–H and O–H groups in total. The summed E-state index contributed by atoms with van der Waals surface area (Å²) in [4.78, 5) is 21.7. The quantitative estimate of drug-likeness (QED) is 0.341. The standard InChI is InChI=1S/C13H15NO5/c1-4-18-13(15)10(3)8-19-11-7-5-6-9(2)12(11)14(16)17/h5-7H,3-4,8H2,1-2H3. The van der Waals surface area contributed by atoms with E-state index >= 15 is 0 Å². The molecule has 6 heteroatoms. The van der Waals surface area contributed by atoms with E-state index in [9.17, 15) is 14.9 Å². The molecule has 0 atom stereocenters. The number of aryl methyl sites for hydroxylation is 1. The molecular formula is C13H15NO5. The van der Waals surface area contributed by atoms with Crippen LogP contribution in [0.5, 0.6) is 5.75 Å². The third-order valence-electron chi connectivity index (χ3n) is 2.35. The van der Waals surface area contributed by atoms with E-state index in [1.807, 2.05) is 0 Å². The van der Waals surface area contributed by atoms with Crippen LogP contribution in [0.25, 0.3) is 0 Å². The van der Waals surface area contributed by atoms with Crippen LogP contribution in [0.1, 0.15) is 12.5 Å². The number of hydrogen-bond donors (Lipinski definition) is 0. The average Bonchev–Trinajstić information content (AvgIpc) is 2.35. The van der Waals surface area contributed by atoms with Gasteiger partial charge < -0.3 is 9.47 Å². The molecule has 0 aromatic heterocycles. The first kappa shape index (κ1) is 14.7. The molecule has 0 aliphatic carbocycles. The van der Waals surface area contributed by atoms with Gasteiger partial charge >= 0.3 is 11.7 Å². The molecule has 6 nitrogen and oxygen atoms in total. The van der Waals surface area contributed by atoms with Crippen molar-refractivity contribution in [2.24, 2.45) is 0 Å². The van der Waals surface area contributed by atoms with Crippen molar-refractivity contribution in [3.05, 3.63) is 46.0 Å². The Balaban J connectivity index is 2.79. The predicted molar refractivity (Wildman–Crippen MR) is 69.1 cm³/mol. The van der Waals surface area contributed by atoms with Gasteiger partial charge in [0.15, 0.2) is 5.75 Å². The van der Waals surface area contributed by atoms with Gasteiger partial charge in [0.05, 0.1) is 17.1 Å². The second-order valence-corrected chi connectivity index (χ2v) is 3.79. The first-order valence-electron chi connectivity index (χ1n) is 5.69. The Kier molecular flexibility index (Phi) is 5.05. The van der Waals surface area contributed by atoms with Gasteiger partial charge in [-0.3, -0.25) is 10.1 Å². The molecule has 0 aliphatic rings. The number of carbonyl (C=O) groups is 1. The highest BCUT2D eigenvalue weighted by molar-refractivity contribution is 5.88. The lowest BCUT2D eigenvalue weighted by Gasteiger charge is -2.09. The highest BCUT2D eigenvalue weighted by Crippen LogP contribution is 2.30. The van der Waals surface area contributed by atoms with Crippen LogP contribution >= 0.6 is 0 Å².